The first-order valence-corrected chi connectivity index (χ1v) is 11.5. The van der Waals surface area contributed by atoms with E-state index < -0.39 is 5.54 Å². The number of benzene rings is 3. The molecule has 0 atom stereocenters. The van der Waals surface area contributed by atoms with Gasteiger partial charge in [-0.05, 0) is 42.7 Å². The summed E-state index contributed by atoms with van der Waals surface area (Å²) in [5.41, 5.74) is 2.42. The summed E-state index contributed by atoms with van der Waals surface area (Å²) in [6, 6.07) is 30.0. The first-order valence-electron chi connectivity index (χ1n) is 11.0. The molecule has 4 rings (SSSR count). The monoisotopic (exact) mass is 443 g/mol. The van der Waals surface area contributed by atoms with Crippen molar-refractivity contribution in [1.82, 2.24) is 10.2 Å². The topological polar surface area (TPSA) is 35.6 Å². The number of likely N-dealkylation sites (tertiary alicyclic amines) is 1. The zero-order chi connectivity index (χ0) is 22.4. The molecule has 1 aliphatic heterocycles. The number of piperidine rings is 1. The molecule has 1 aliphatic rings. The molecular formula is C27H29N3OS. The second-order valence-corrected chi connectivity index (χ2v) is 8.75. The van der Waals surface area contributed by atoms with Gasteiger partial charge in [0.05, 0.1) is 5.54 Å². The molecule has 1 N–H and O–H groups in total. The van der Waals surface area contributed by atoms with Gasteiger partial charge in [-0.3, -0.25) is 9.69 Å². The number of amides is 1. The van der Waals surface area contributed by atoms with Crippen molar-refractivity contribution < 1.29 is 4.79 Å². The highest BCUT2D eigenvalue weighted by atomic mass is 32.1. The van der Waals surface area contributed by atoms with Crippen LogP contribution >= 0.6 is 12.2 Å². The van der Waals surface area contributed by atoms with E-state index in [-0.39, 0.29) is 5.91 Å². The van der Waals surface area contributed by atoms with Gasteiger partial charge in [0.2, 0.25) is 0 Å². The van der Waals surface area contributed by atoms with Gasteiger partial charge in [0.25, 0.3) is 5.91 Å². The molecule has 3 aromatic rings. The molecule has 0 aliphatic carbocycles. The van der Waals surface area contributed by atoms with Gasteiger partial charge in [-0.1, -0.05) is 78.9 Å². The normalized spacial score (nSPS) is 15.7. The maximum Gasteiger partial charge on any atom is 0.252 e. The fourth-order valence-corrected chi connectivity index (χ4v) is 4.66. The molecule has 4 nitrogen and oxygen atoms in total. The average molecular weight is 444 g/mol. The fraction of sp³-hybridized carbons (Fsp3) is 0.259. The van der Waals surface area contributed by atoms with Crippen molar-refractivity contribution in [3.8, 4) is 0 Å². The Morgan fingerprint density at radius 1 is 0.906 bits per heavy atom. The van der Waals surface area contributed by atoms with Crippen molar-refractivity contribution in [1.29, 1.82) is 0 Å². The van der Waals surface area contributed by atoms with Crippen LogP contribution in [0.3, 0.4) is 0 Å². The van der Waals surface area contributed by atoms with Crippen molar-refractivity contribution >= 4 is 28.8 Å². The minimum Gasteiger partial charge on any atom is -0.340 e. The molecule has 0 bridgehead atoms. The molecule has 1 saturated heterocycles. The quantitative estimate of drug-likeness (QED) is 0.549. The molecule has 0 radical (unpaired) electrons. The highest BCUT2D eigenvalue weighted by Gasteiger charge is 2.41. The first-order chi connectivity index (χ1) is 15.6. The summed E-state index contributed by atoms with van der Waals surface area (Å²) < 4.78 is 0. The number of carbonyl (C=O) groups excluding carboxylic acids is 1. The van der Waals surface area contributed by atoms with E-state index in [1.165, 1.54) is 5.56 Å². The van der Waals surface area contributed by atoms with Crippen LogP contribution in [-0.2, 0) is 6.54 Å². The fourth-order valence-electron chi connectivity index (χ4n) is 4.30. The molecule has 0 unspecified atom stereocenters. The summed E-state index contributed by atoms with van der Waals surface area (Å²) in [6.07, 6.45) is 1.54. The van der Waals surface area contributed by atoms with Crippen molar-refractivity contribution in [3.63, 3.8) is 0 Å². The number of hydrogen-bond donors (Lipinski definition) is 1. The highest BCUT2D eigenvalue weighted by Crippen LogP contribution is 2.29. The van der Waals surface area contributed by atoms with Crippen LogP contribution < -0.4 is 10.2 Å². The molecule has 1 fully saturated rings. The Labute approximate surface area is 195 Å². The van der Waals surface area contributed by atoms with Crippen LogP contribution in [0.25, 0.3) is 0 Å². The predicted octanol–water partition coefficient (Wildman–Crippen LogP) is 4.92. The van der Waals surface area contributed by atoms with Crippen molar-refractivity contribution in [2.75, 3.05) is 25.0 Å². The lowest BCUT2D eigenvalue weighted by molar-refractivity contribution is 0.0876. The molecule has 1 heterocycles. The number of anilines is 1. The van der Waals surface area contributed by atoms with E-state index in [0.29, 0.717) is 5.56 Å². The van der Waals surface area contributed by atoms with Gasteiger partial charge in [0.1, 0.15) is 4.99 Å². The summed E-state index contributed by atoms with van der Waals surface area (Å²) in [5.74, 6) is -0.0779. The number of rotatable bonds is 6. The average Bonchev–Trinajstić information content (AvgIpc) is 2.86. The lowest BCUT2D eigenvalue weighted by Crippen LogP contribution is -2.62. The largest absolute Gasteiger partial charge is 0.340 e. The Morgan fingerprint density at radius 3 is 2.03 bits per heavy atom. The van der Waals surface area contributed by atoms with Crippen LogP contribution in [0.15, 0.2) is 91.0 Å². The molecule has 0 spiro atoms. The highest BCUT2D eigenvalue weighted by molar-refractivity contribution is 7.80. The molecular weight excluding hydrogens is 414 g/mol. The number of para-hydroxylation sites is 1. The van der Waals surface area contributed by atoms with E-state index in [1.54, 1.807) is 0 Å². The standard InChI is InChI=1S/C27H29N3OS/c1-29(24-15-9-4-10-16-24)26(32)27(28-25(31)23-13-7-3-8-14-23)17-19-30(20-18-27)21-22-11-5-2-6-12-22/h2-16H,17-21H2,1H3,(H,28,31). The third-order valence-electron chi connectivity index (χ3n) is 6.20. The predicted molar refractivity (Wildman–Crippen MR) is 135 cm³/mol. The van der Waals surface area contributed by atoms with E-state index in [2.05, 4.69) is 34.5 Å². The van der Waals surface area contributed by atoms with Gasteiger partial charge < -0.3 is 10.2 Å². The van der Waals surface area contributed by atoms with Gasteiger partial charge in [0.15, 0.2) is 0 Å². The van der Waals surface area contributed by atoms with Crippen molar-refractivity contribution in [3.05, 3.63) is 102 Å². The van der Waals surface area contributed by atoms with Gasteiger partial charge in [-0.25, -0.2) is 0 Å². The second-order valence-electron chi connectivity index (χ2n) is 8.36. The maximum absolute atomic E-state index is 13.2. The number of thiocarbonyl (C=S) groups is 1. The second kappa shape index (κ2) is 10.1. The summed E-state index contributed by atoms with van der Waals surface area (Å²) in [6.45, 7) is 2.64. The Bertz CT molecular complexity index is 1030. The van der Waals surface area contributed by atoms with Crippen LogP contribution in [0.5, 0.6) is 0 Å². The summed E-state index contributed by atoms with van der Waals surface area (Å²) >= 11 is 6.02. The van der Waals surface area contributed by atoms with E-state index >= 15 is 0 Å². The number of hydrogen-bond acceptors (Lipinski definition) is 3. The van der Waals surface area contributed by atoms with E-state index in [4.69, 9.17) is 12.2 Å². The third-order valence-corrected chi connectivity index (χ3v) is 6.87. The van der Waals surface area contributed by atoms with E-state index in [0.717, 1.165) is 43.2 Å². The minimum atomic E-state index is -0.569. The Balaban J connectivity index is 1.54. The van der Waals surface area contributed by atoms with Crippen LogP contribution in [0, 0.1) is 0 Å². The molecule has 1 amide bonds. The summed E-state index contributed by atoms with van der Waals surface area (Å²) in [4.78, 5) is 18.4. The molecule has 0 saturated carbocycles. The third kappa shape index (κ3) is 5.06. The molecule has 3 aromatic carbocycles. The molecule has 0 aromatic heterocycles. The SMILES string of the molecule is CN(C(=S)C1(NC(=O)c2ccccc2)CCN(Cc2ccccc2)CC1)c1ccccc1. The Morgan fingerprint density at radius 2 is 1.44 bits per heavy atom. The minimum absolute atomic E-state index is 0.0779. The van der Waals surface area contributed by atoms with Crippen LogP contribution in [0.1, 0.15) is 28.8 Å². The lowest BCUT2D eigenvalue weighted by atomic mass is 9.85. The van der Waals surface area contributed by atoms with Gasteiger partial charge in [-0.15, -0.1) is 0 Å². The number of carbonyl (C=O) groups is 1. The number of nitrogens with zero attached hydrogens (tertiary/aromatic N) is 2. The van der Waals surface area contributed by atoms with Crippen molar-refractivity contribution in [2.45, 2.75) is 24.9 Å². The van der Waals surface area contributed by atoms with Crippen LogP contribution in [0.4, 0.5) is 5.69 Å². The lowest BCUT2D eigenvalue weighted by Gasteiger charge is -2.45. The van der Waals surface area contributed by atoms with Crippen LogP contribution in [-0.4, -0.2) is 41.5 Å². The zero-order valence-corrected chi connectivity index (χ0v) is 19.2. The molecule has 32 heavy (non-hydrogen) atoms. The van der Waals surface area contributed by atoms with Crippen LogP contribution in [0.2, 0.25) is 0 Å². The molecule has 5 heteroatoms. The van der Waals surface area contributed by atoms with Gasteiger partial charge in [0, 0.05) is 37.9 Å². The summed E-state index contributed by atoms with van der Waals surface area (Å²) in [5, 5.41) is 3.34. The number of likely N-dealkylation sites (N-methyl/N-ethyl adjacent to an activating group) is 1. The maximum atomic E-state index is 13.2. The van der Waals surface area contributed by atoms with Gasteiger partial charge in [-0.2, -0.15) is 0 Å². The van der Waals surface area contributed by atoms with Gasteiger partial charge >= 0.3 is 0 Å². The number of nitrogens with one attached hydrogen (secondary N) is 1. The molecule has 164 valence electrons. The first kappa shape index (κ1) is 22.2. The van der Waals surface area contributed by atoms with Crippen molar-refractivity contribution in [2.24, 2.45) is 0 Å². The van der Waals surface area contributed by atoms with E-state index in [1.807, 2.05) is 78.7 Å². The summed E-state index contributed by atoms with van der Waals surface area (Å²) in [7, 11) is 1.99. The van der Waals surface area contributed by atoms with E-state index in [9.17, 15) is 4.79 Å². The zero-order valence-electron chi connectivity index (χ0n) is 18.4. The smallest absolute Gasteiger partial charge is 0.252 e. The Hall–Kier alpha value is -3.02. The Kier molecular flexibility index (Phi) is 6.98.